The molecule has 1 atom stereocenters. The average Bonchev–Trinajstić information content (AvgIpc) is 3.56. The van der Waals surface area contributed by atoms with Crippen molar-refractivity contribution in [3.05, 3.63) is 83.4 Å². The maximum atomic E-state index is 14.7. The van der Waals surface area contributed by atoms with Crippen LogP contribution in [0, 0.1) is 11.6 Å². The molecule has 3 aromatic heterocycles. The second-order valence-electron chi connectivity index (χ2n) is 7.31. The first-order valence-electron chi connectivity index (χ1n) is 9.74. The highest BCUT2D eigenvalue weighted by Crippen LogP contribution is 2.39. The number of aromatic nitrogens is 8. The Kier molecular flexibility index (Phi) is 5.23. The van der Waals surface area contributed by atoms with Crippen LogP contribution in [-0.2, 0) is 19.2 Å². The van der Waals surface area contributed by atoms with Crippen molar-refractivity contribution >= 4 is 11.3 Å². The highest BCUT2D eigenvalue weighted by molar-refractivity contribution is 7.15. The standard InChI is InChI=1S/C21H16F2N8OS/c1-30-19(27-28-29-30)13-2-4-14(5-3-13)20-25-9-18(33-20)21(32,10-31-12-24-11-26-31)16-7-6-15(22)8-17(16)23/h2-9,11-12,32H,10H2,1H3. The van der Waals surface area contributed by atoms with E-state index in [4.69, 9.17) is 0 Å². The van der Waals surface area contributed by atoms with Gasteiger partial charge >= 0.3 is 0 Å². The summed E-state index contributed by atoms with van der Waals surface area (Å²) >= 11 is 1.20. The highest BCUT2D eigenvalue weighted by Gasteiger charge is 2.37. The number of hydrogen-bond acceptors (Lipinski definition) is 8. The van der Waals surface area contributed by atoms with Crippen LogP contribution in [-0.4, -0.2) is 45.1 Å². The maximum Gasteiger partial charge on any atom is 0.181 e. The zero-order valence-corrected chi connectivity index (χ0v) is 18.0. The summed E-state index contributed by atoms with van der Waals surface area (Å²) in [5, 5.41) is 27.7. The largest absolute Gasteiger partial charge is 0.377 e. The van der Waals surface area contributed by atoms with Crippen molar-refractivity contribution < 1.29 is 13.9 Å². The molecular formula is C21H16F2N8OS. The molecule has 0 spiro atoms. The second-order valence-corrected chi connectivity index (χ2v) is 8.34. The molecule has 1 N–H and O–H groups in total. The Hall–Kier alpha value is -3.90. The quantitative estimate of drug-likeness (QED) is 0.410. The predicted molar refractivity (Wildman–Crippen MR) is 115 cm³/mol. The Morgan fingerprint density at radius 2 is 1.88 bits per heavy atom. The van der Waals surface area contributed by atoms with Crippen LogP contribution in [0.15, 0.2) is 61.3 Å². The van der Waals surface area contributed by atoms with Gasteiger partial charge in [0.15, 0.2) is 5.82 Å². The van der Waals surface area contributed by atoms with E-state index in [0.29, 0.717) is 15.7 Å². The third-order valence-corrected chi connectivity index (χ3v) is 6.36. The fourth-order valence-electron chi connectivity index (χ4n) is 3.50. The summed E-state index contributed by atoms with van der Waals surface area (Å²) in [6, 6.07) is 10.5. The zero-order valence-electron chi connectivity index (χ0n) is 17.2. The third-order valence-electron chi connectivity index (χ3n) is 5.16. The van der Waals surface area contributed by atoms with Gasteiger partial charge in [-0.15, -0.1) is 16.4 Å². The lowest BCUT2D eigenvalue weighted by molar-refractivity contribution is 0.0569. The summed E-state index contributed by atoms with van der Waals surface area (Å²) < 4.78 is 31.2. The van der Waals surface area contributed by atoms with Gasteiger partial charge < -0.3 is 5.11 Å². The summed E-state index contributed by atoms with van der Waals surface area (Å²) in [5.74, 6) is -0.980. The van der Waals surface area contributed by atoms with E-state index in [2.05, 4.69) is 30.6 Å². The number of aliphatic hydroxyl groups is 1. The number of aryl methyl sites for hydroxylation is 1. The minimum Gasteiger partial charge on any atom is -0.377 e. The van der Waals surface area contributed by atoms with Crippen LogP contribution >= 0.6 is 11.3 Å². The summed E-state index contributed by atoms with van der Waals surface area (Å²) in [4.78, 5) is 8.69. The number of rotatable bonds is 6. The van der Waals surface area contributed by atoms with Gasteiger partial charge in [0, 0.05) is 36.0 Å². The van der Waals surface area contributed by atoms with Crippen molar-refractivity contribution in [2.24, 2.45) is 7.05 Å². The van der Waals surface area contributed by atoms with Crippen molar-refractivity contribution in [2.45, 2.75) is 12.1 Å². The first-order valence-corrected chi connectivity index (χ1v) is 10.6. The molecule has 5 aromatic rings. The van der Waals surface area contributed by atoms with Gasteiger partial charge in [0.25, 0.3) is 0 Å². The molecule has 0 aliphatic rings. The van der Waals surface area contributed by atoms with Crippen molar-refractivity contribution in [3.63, 3.8) is 0 Å². The fraction of sp³-hybridized carbons (Fsp3) is 0.143. The Bertz CT molecular complexity index is 1400. The van der Waals surface area contributed by atoms with Crippen molar-refractivity contribution in [1.29, 1.82) is 0 Å². The van der Waals surface area contributed by atoms with Crippen LogP contribution in [0.1, 0.15) is 10.4 Å². The summed E-state index contributed by atoms with van der Waals surface area (Å²) in [6.07, 6.45) is 4.21. The van der Waals surface area contributed by atoms with E-state index in [9.17, 15) is 13.9 Å². The lowest BCUT2D eigenvalue weighted by Crippen LogP contribution is -2.33. The molecule has 9 nitrogen and oxygen atoms in total. The highest BCUT2D eigenvalue weighted by atomic mass is 32.1. The van der Waals surface area contributed by atoms with Crippen molar-refractivity contribution in [3.8, 4) is 22.0 Å². The van der Waals surface area contributed by atoms with Crippen LogP contribution in [0.25, 0.3) is 22.0 Å². The Morgan fingerprint density at radius 1 is 1.09 bits per heavy atom. The molecule has 0 radical (unpaired) electrons. The number of nitrogens with zero attached hydrogens (tertiary/aromatic N) is 8. The molecule has 0 aliphatic carbocycles. The summed E-state index contributed by atoms with van der Waals surface area (Å²) in [7, 11) is 1.75. The van der Waals surface area contributed by atoms with E-state index in [1.807, 2.05) is 24.3 Å². The maximum absolute atomic E-state index is 14.7. The van der Waals surface area contributed by atoms with Crippen LogP contribution in [0.2, 0.25) is 0 Å². The average molecular weight is 466 g/mol. The molecule has 0 bridgehead atoms. The number of thiazole rings is 1. The van der Waals surface area contributed by atoms with E-state index in [1.165, 1.54) is 40.9 Å². The molecule has 12 heteroatoms. The Labute approximate surface area is 190 Å². The lowest BCUT2D eigenvalue weighted by Gasteiger charge is -2.27. The number of tetrazole rings is 1. The molecule has 5 rings (SSSR count). The van der Waals surface area contributed by atoms with E-state index in [-0.39, 0.29) is 12.1 Å². The van der Waals surface area contributed by atoms with Gasteiger partial charge in [0.05, 0.1) is 11.4 Å². The molecule has 0 saturated heterocycles. The molecule has 0 amide bonds. The van der Waals surface area contributed by atoms with Gasteiger partial charge in [-0.05, 0) is 22.6 Å². The van der Waals surface area contributed by atoms with E-state index in [0.717, 1.165) is 23.3 Å². The smallest absolute Gasteiger partial charge is 0.181 e. The van der Waals surface area contributed by atoms with Crippen LogP contribution in [0.4, 0.5) is 8.78 Å². The third kappa shape index (κ3) is 3.90. The van der Waals surface area contributed by atoms with Gasteiger partial charge in [-0.2, -0.15) is 5.10 Å². The minimum absolute atomic E-state index is 0.0836. The number of hydrogen-bond donors (Lipinski definition) is 1. The Balaban J connectivity index is 1.52. The predicted octanol–water partition coefficient (Wildman–Crippen LogP) is 2.81. The van der Waals surface area contributed by atoms with Crippen molar-refractivity contribution in [1.82, 2.24) is 40.0 Å². The topological polar surface area (TPSA) is 107 Å². The molecule has 166 valence electrons. The SMILES string of the molecule is Cn1nnnc1-c1ccc(-c2ncc(C(O)(Cn3cncn3)c3ccc(F)cc3F)s2)cc1. The van der Waals surface area contributed by atoms with E-state index in [1.54, 1.807) is 11.7 Å². The summed E-state index contributed by atoms with van der Waals surface area (Å²) in [6.45, 7) is -0.130. The molecule has 1 unspecified atom stereocenters. The first-order chi connectivity index (χ1) is 15.9. The molecule has 0 aliphatic heterocycles. The second kappa shape index (κ2) is 8.22. The molecular weight excluding hydrogens is 450 g/mol. The molecule has 3 heterocycles. The van der Waals surface area contributed by atoms with Gasteiger partial charge in [-0.3, -0.25) is 0 Å². The Morgan fingerprint density at radius 3 is 2.55 bits per heavy atom. The van der Waals surface area contributed by atoms with Gasteiger partial charge in [0.1, 0.15) is 34.9 Å². The van der Waals surface area contributed by atoms with Gasteiger partial charge in [0.2, 0.25) is 0 Å². The first kappa shape index (κ1) is 21.0. The minimum atomic E-state index is -1.84. The van der Waals surface area contributed by atoms with Crippen LogP contribution in [0.3, 0.4) is 0 Å². The fourth-order valence-corrected chi connectivity index (χ4v) is 4.52. The van der Waals surface area contributed by atoms with E-state index < -0.39 is 17.2 Å². The monoisotopic (exact) mass is 466 g/mol. The normalized spacial score (nSPS) is 13.2. The number of halogens is 2. The molecule has 0 fully saturated rings. The van der Waals surface area contributed by atoms with Gasteiger partial charge in [-0.1, -0.05) is 24.3 Å². The number of benzene rings is 2. The van der Waals surface area contributed by atoms with E-state index >= 15 is 0 Å². The van der Waals surface area contributed by atoms with Crippen molar-refractivity contribution in [2.75, 3.05) is 0 Å². The lowest BCUT2D eigenvalue weighted by atomic mass is 9.92. The summed E-state index contributed by atoms with van der Waals surface area (Å²) in [5.41, 5.74) is -0.294. The molecule has 33 heavy (non-hydrogen) atoms. The van der Waals surface area contributed by atoms with Crippen LogP contribution < -0.4 is 0 Å². The van der Waals surface area contributed by atoms with Crippen LogP contribution in [0.5, 0.6) is 0 Å². The molecule has 2 aromatic carbocycles. The molecule has 0 saturated carbocycles. The zero-order chi connectivity index (χ0) is 23.0. The van der Waals surface area contributed by atoms with Gasteiger partial charge in [-0.25, -0.2) is 28.1 Å².